The van der Waals surface area contributed by atoms with Crippen molar-refractivity contribution in [3.05, 3.63) is 42.5 Å². The summed E-state index contributed by atoms with van der Waals surface area (Å²) >= 11 is 0. The normalized spacial score (nSPS) is 11.0. The van der Waals surface area contributed by atoms with Gasteiger partial charge in [0.05, 0.1) is 24.2 Å². The number of aromatic amines is 1. The van der Waals surface area contributed by atoms with E-state index in [-0.39, 0.29) is 0 Å². The standard InChI is InChI=1S/C21H26N2O2/c1-3-5-6-9-14-25-19-13-12-16(15-20(19)24-4-2)21-22-17-10-7-8-11-18(17)23-21/h7-8,10-13,15H,3-6,9,14H2,1-2H3,(H,22,23). The maximum atomic E-state index is 5.93. The molecular weight excluding hydrogens is 312 g/mol. The summed E-state index contributed by atoms with van der Waals surface area (Å²) in [5.74, 6) is 2.42. The Morgan fingerprint density at radius 1 is 0.920 bits per heavy atom. The molecular formula is C21H26N2O2. The molecule has 0 saturated carbocycles. The van der Waals surface area contributed by atoms with Crippen LogP contribution < -0.4 is 9.47 Å². The summed E-state index contributed by atoms with van der Waals surface area (Å²) in [7, 11) is 0. The van der Waals surface area contributed by atoms with Crippen LogP contribution in [0.2, 0.25) is 0 Å². The number of benzene rings is 2. The number of hydrogen-bond donors (Lipinski definition) is 1. The van der Waals surface area contributed by atoms with Crippen molar-refractivity contribution < 1.29 is 9.47 Å². The van der Waals surface area contributed by atoms with E-state index in [1.807, 2.05) is 49.4 Å². The van der Waals surface area contributed by atoms with Gasteiger partial charge in [-0.05, 0) is 43.7 Å². The molecule has 0 aliphatic heterocycles. The summed E-state index contributed by atoms with van der Waals surface area (Å²) in [6.07, 6.45) is 4.77. The Morgan fingerprint density at radius 3 is 2.60 bits per heavy atom. The van der Waals surface area contributed by atoms with Gasteiger partial charge in [-0.25, -0.2) is 4.98 Å². The highest BCUT2D eigenvalue weighted by atomic mass is 16.5. The first-order valence-corrected chi connectivity index (χ1v) is 9.16. The van der Waals surface area contributed by atoms with Gasteiger partial charge in [-0.2, -0.15) is 0 Å². The third-order valence-corrected chi connectivity index (χ3v) is 4.16. The molecule has 2 aromatic carbocycles. The molecule has 0 amide bonds. The summed E-state index contributed by atoms with van der Waals surface area (Å²) in [5.41, 5.74) is 3.00. The van der Waals surface area contributed by atoms with Crippen molar-refractivity contribution >= 4 is 11.0 Å². The van der Waals surface area contributed by atoms with Crippen LogP contribution in [0.25, 0.3) is 22.4 Å². The molecule has 0 aliphatic carbocycles. The van der Waals surface area contributed by atoms with E-state index in [9.17, 15) is 0 Å². The number of para-hydroxylation sites is 2. The molecule has 4 nitrogen and oxygen atoms in total. The van der Waals surface area contributed by atoms with Gasteiger partial charge in [0.1, 0.15) is 5.82 Å². The van der Waals surface area contributed by atoms with E-state index in [0.29, 0.717) is 6.61 Å². The third-order valence-electron chi connectivity index (χ3n) is 4.16. The van der Waals surface area contributed by atoms with Gasteiger partial charge in [0, 0.05) is 5.56 Å². The molecule has 0 fully saturated rings. The molecule has 1 aromatic heterocycles. The van der Waals surface area contributed by atoms with Crippen LogP contribution in [0.15, 0.2) is 42.5 Å². The fourth-order valence-corrected chi connectivity index (χ4v) is 2.84. The number of hydrogen-bond acceptors (Lipinski definition) is 3. The van der Waals surface area contributed by atoms with Crippen molar-refractivity contribution in [2.75, 3.05) is 13.2 Å². The van der Waals surface area contributed by atoms with E-state index in [2.05, 4.69) is 16.9 Å². The lowest BCUT2D eigenvalue weighted by molar-refractivity contribution is 0.270. The van der Waals surface area contributed by atoms with Crippen LogP contribution in [0.3, 0.4) is 0 Å². The molecule has 0 aliphatic rings. The monoisotopic (exact) mass is 338 g/mol. The number of ether oxygens (including phenoxy) is 2. The molecule has 0 saturated heterocycles. The van der Waals surface area contributed by atoms with Gasteiger partial charge in [0.25, 0.3) is 0 Å². The predicted octanol–water partition coefficient (Wildman–Crippen LogP) is 5.59. The summed E-state index contributed by atoms with van der Waals surface area (Å²) in [5, 5.41) is 0. The highest BCUT2D eigenvalue weighted by Gasteiger charge is 2.10. The van der Waals surface area contributed by atoms with Crippen LogP contribution >= 0.6 is 0 Å². The molecule has 1 N–H and O–H groups in total. The molecule has 0 spiro atoms. The number of aromatic nitrogens is 2. The van der Waals surface area contributed by atoms with E-state index < -0.39 is 0 Å². The third kappa shape index (κ3) is 4.32. The number of imidazole rings is 1. The van der Waals surface area contributed by atoms with Gasteiger partial charge < -0.3 is 14.5 Å². The number of H-pyrrole nitrogens is 1. The maximum Gasteiger partial charge on any atom is 0.161 e. The number of fused-ring (bicyclic) bond motifs is 1. The predicted molar refractivity (Wildman–Crippen MR) is 102 cm³/mol. The largest absolute Gasteiger partial charge is 0.490 e. The molecule has 25 heavy (non-hydrogen) atoms. The Labute approximate surface area is 149 Å². The van der Waals surface area contributed by atoms with Crippen LogP contribution in [0.1, 0.15) is 39.5 Å². The lowest BCUT2D eigenvalue weighted by atomic mass is 10.2. The lowest BCUT2D eigenvalue weighted by Gasteiger charge is -2.13. The van der Waals surface area contributed by atoms with Crippen molar-refractivity contribution in [1.29, 1.82) is 0 Å². The van der Waals surface area contributed by atoms with Gasteiger partial charge >= 0.3 is 0 Å². The highest BCUT2D eigenvalue weighted by Crippen LogP contribution is 2.32. The smallest absolute Gasteiger partial charge is 0.161 e. The minimum absolute atomic E-state index is 0.607. The van der Waals surface area contributed by atoms with Crippen LogP contribution in [-0.4, -0.2) is 23.2 Å². The molecule has 0 unspecified atom stereocenters. The van der Waals surface area contributed by atoms with E-state index in [1.54, 1.807) is 0 Å². The van der Waals surface area contributed by atoms with E-state index in [4.69, 9.17) is 9.47 Å². The molecule has 0 radical (unpaired) electrons. The SMILES string of the molecule is CCCCCCOc1ccc(-c2nc3ccccc3[nH]2)cc1OCC. The summed E-state index contributed by atoms with van der Waals surface area (Å²) in [6, 6.07) is 14.0. The van der Waals surface area contributed by atoms with Crippen LogP contribution in [0.4, 0.5) is 0 Å². The first kappa shape index (κ1) is 17.3. The second kappa shape index (κ2) is 8.56. The van der Waals surface area contributed by atoms with Gasteiger partial charge in [0.2, 0.25) is 0 Å². The molecule has 3 aromatic rings. The van der Waals surface area contributed by atoms with E-state index in [0.717, 1.165) is 46.9 Å². The lowest BCUT2D eigenvalue weighted by Crippen LogP contribution is -2.01. The first-order valence-electron chi connectivity index (χ1n) is 9.16. The Hall–Kier alpha value is -2.49. The minimum Gasteiger partial charge on any atom is -0.490 e. The molecule has 4 heteroatoms. The first-order chi connectivity index (χ1) is 12.3. The Morgan fingerprint density at radius 2 is 1.80 bits per heavy atom. The summed E-state index contributed by atoms with van der Waals surface area (Å²) in [4.78, 5) is 8.02. The number of nitrogens with one attached hydrogen (secondary N) is 1. The Kier molecular flexibility index (Phi) is 5.94. The fraction of sp³-hybridized carbons (Fsp3) is 0.381. The van der Waals surface area contributed by atoms with Crippen molar-refractivity contribution in [1.82, 2.24) is 9.97 Å². The molecule has 0 bridgehead atoms. The second-order valence-electron chi connectivity index (χ2n) is 6.11. The summed E-state index contributed by atoms with van der Waals surface area (Å²) < 4.78 is 11.7. The zero-order valence-electron chi connectivity index (χ0n) is 15.0. The molecule has 0 atom stereocenters. The molecule has 3 rings (SSSR count). The van der Waals surface area contributed by atoms with Crippen molar-refractivity contribution in [2.45, 2.75) is 39.5 Å². The highest BCUT2D eigenvalue weighted by molar-refractivity contribution is 5.79. The zero-order chi connectivity index (χ0) is 17.5. The number of unbranched alkanes of at least 4 members (excludes halogenated alkanes) is 3. The minimum atomic E-state index is 0.607. The van der Waals surface area contributed by atoms with Crippen molar-refractivity contribution in [2.24, 2.45) is 0 Å². The van der Waals surface area contributed by atoms with Crippen LogP contribution in [-0.2, 0) is 0 Å². The Bertz CT molecular complexity index is 778. The van der Waals surface area contributed by atoms with Crippen molar-refractivity contribution in [3.8, 4) is 22.9 Å². The number of rotatable bonds is 9. The maximum absolute atomic E-state index is 5.93. The quantitative estimate of drug-likeness (QED) is 0.517. The Balaban J connectivity index is 1.78. The average molecular weight is 338 g/mol. The second-order valence-corrected chi connectivity index (χ2v) is 6.11. The van der Waals surface area contributed by atoms with Crippen LogP contribution in [0.5, 0.6) is 11.5 Å². The molecule has 1 heterocycles. The zero-order valence-corrected chi connectivity index (χ0v) is 15.0. The summed E-state index contributed by atoms with van der Waals surface area (Å²) in [6.45, 7) is 5.53. The topological polar surface area (TPSA) is 47.1 Å². The molecule has 132 valence electrons. The van der Waals surface area contributed by atoms with Gasteiger partial charge in [-0.3, -0.25) is 0 Å². The van der Waals surface area contributed by atoms with Gasteiger partial charge in [0.15, 0.2) is 11.5 Å². The number of nitrogens with zero attached hydrogens (tertiary/aromatic N) is 1. The average Bonchev–Trinajstić information content (AvgIpc) is 3.07. The van der Waals surface area contributed by atoms with E-state index >= 15 is 0 Å². The van der Waals surface area contributed by atoms with E-state index in [1.165, 1.54) is 19.3 Å². The van der Waals surface area contributed by atoms with Gasteiger partial charge in [-0.15, -0.1) is 0 Å². The van der Waals surface area contributed by atoms with Crippen molar-refractivity contribution in [3.63, 3.8) is 0 Å². The van der Waals surface area contributed by atoms with Gasteiger partial charge in [-0.1, -0.05) is 38.3 Å². The fourth-order valence-electron chi connectivity index (χ4n) is 2.84. The van der Waals surface area contributed by atoms with Crippen LogP contribution in [0, 0.1) is 0 Å².